The lowest BCUT2D eigenvalue weighted by atomic mass is 9.91. The molecule has 19 heavy (non-hydrogen) atoms. The fourth-order valence-corrected chi connectivity index (χ4v) is 3.10. The molecule has 2 aromatic heterocycles. The fourth-order valence-electron chi connectivity index (χ4n) is 3.10. The number of aromatic nitrogens is 3. The van der Waals surface area contributed by atoms with Crippen LogP contribution in [0.1, 0.15) is 0 Å². The Morgan fingerprint density at radius 3 is 3.05 bits per heavy atom. The Kier molecular flexibility index (Phi) is 2.35. The van der Waals surface area contributed by atoms with E-state index in [1.54, 1.807) is 0 Å². The van der Waals surface area contributed by atoms with Crippen LogP contribution in [0.3, 0.4) is 0 Å². The van der Waals surface area contributed by atoms with E-state index in [-0.39, 0.29) is 0 Å². The van der Waals surface area contributed by atoms with E-state index in [0.717, 1.165) is 36.8 Å². The highest BCUT2D eigenvalue weighted by molar-refractivity contribution is 5.64. The van der Waals surface area contributed by atoms with E-state index in [2.05, 4.69) is 26.3 Å². The Morgan fingerprint density at radius 2 is 2.26 bits per heavy atom. The first-order valence-corrected chi connectivity index (χ1v) is 6.72. The summed E-state index contributed by atoms with van der Waals surface area (Å²) >= 11 is 0. The lowest BCUT2D eigenvalue weighted by Gasteiger charge is -2.45. The van der Waals surface area contributed by atoms with Gasteiger partial charge >= 0.3 is 0 Å². The molecular weight excluding hydrogens is 238 g/mol. The number of anilines is 1. The first-order valence-electron chi connectivity index (χ1n) is 6.72. The number of pyridine rings is 1. The van der Waals surface area contributed by atoms with Crippen molar-refractivity contribution < 1.29 is 0 Å². The lowest BCUT2D eigenvalue weighted by Crippen LogP contribution is -2.55. The van der Waals surface area contributed by atoms with E-state index in [1.807, 2.05) is 36.5 Å². The minimum Gasteiger partial charge on any atom is -0.365 e. The summed E-state index contributed by atoms with van der Waals surface area (Å²) in [5, 5.41) is 3.46. The van der Waals surface area contributed by atoms with Crippen LogP contribution in [0, 0.1) is 5.92 Å². The Bertz CT molecular complexity index is 605. The molecule has 0 unspecified atom stereocenters. The summed E-state index contributed by atoms with van der Waals surface area (Å²) in [6, 6.07) is 2.85. The van der Waals surface area contributed by atoms with Crippen LogP contribution >= 0.6 is 0 Å². The van der Waals surface area contributed by atoms with Gasteiger partial charge in [0.15, 0.2) is 0 Å². The molecule has 2 saturated heterocycles. The van der Waals surface area contributed by atoms with E-state index in [9.17, 15) is 0 Å². The van der Waals surface area contributed by atoms with E-state index in [0.29, 0.717) is 6.04 Å². The zero-order valence-electron chi connectivity index (χ0n) is 11.0. The van der Waals surface area contributed by atoms with E-state index < -0.39 is 0 Å². The van der Waals surface area contributed by atoms with Crippen LogP contribution in [0.2, 0.25) is 0 Å². The normalized spacial score (nSPS) is 25.2. The highest BCUT2D eigenvalue weighted by atomic mass is 15.3. The van der Waals surface area contributed by atoms with Crippen LogP contribution in [0.25, 0.3) is 11.3 Å². The number of hydrogen-bond donors (Lipinski definition) is 1. The van der Waals surface area contributed by atoms with E-state index in [1.165, 1.54) is 5.69 Å². The van der Waals surface area contributed by atoms with Crippen molar-refractivity contribution in [3.8, 4) is 11.3 Å². The first kappa shape index (κ1) is 11.0. The van der Waals surface area contributed by atoms with Crippen molar-refractivity contribution in [1.29, 1.82) is 0 Å². The Balaban J connectivity index is 1.64. The second-order valence-corrected chi connectivity index (χ2v) is 5.49. The van der Waals surface area contributed by atoms with Gasteiger partial charge in [-0.1, -0.05) is 0 Å². The second kappa shape index (κ2) is 4.06. The molecule has 2 aliphatic heterocycles. The number of nitrogens with zero attached hydrogens (tertiary/aromatic N) is 4. The summed E-state index contributed by atoms with van der Waals surface area (Å²) in [7, 11) is 1.98. The highest BCUT2D eigenvalue weighted by Gasteiger charge is 2.42. The van der Waals surface area contributed by atoms with Crippen LogP contribution in [0.15, 0.2) is 31.0 Å². The molecule has 98 valence electrons. The molecule has 5 nitrogen and oxygen atoms in total. The molecule has 5 heteroatoms. The molecule has 2 atom stereocenters. The van der Waals surface area contributed by atoms with Gasteiger partial charge in [0.05, 0.1) is 23.9 Å². The SMILES string of the molecule is Cn1cnc(-c2cncc(N3C[C@H]4CNC[C@H]43)c2)c1. The lowest BCUT2D eigenvalue weighted by molar-refractivity contribution is 0.365. The van der Waals surface area contributed by atoms with Crippen LogP contribution in [-0.4, -0.2) is 40.2 Å². The first-order chi connectivity index (χ1) is 9.31. The third-order valence-corrected chi connectivity index (χ3v) is 4.19. The molecule has 2 aromatic rings. The smallest absolute Gasteiger partial charge is 0.0951 e. The molecule has 0 radical (unpaired) electrons. The minimum atomic E-state index is 0.654. The third-order valence-electron chi connectivity index (χ3n) is 4.19. The summed E-state index contributed by atoms with van der Waals surface area (Å²) in [4.78, 5) is 11.2. The predicted molar refractivity (Wildman–Crippen MR) is 73.9 cm³/mol. The maximum atomic E-state index is 4.39. The molecule has 0 amide bonds. The molecule has 2 aliphatic rings. The summed E-state index contributed by atoms with van der Waals surface area (Å²) in [5.41, 5.74) is 3.29. The van der Waals surface area contributed by atoms with Gasteiger partial charge in [-0.3, -0.25) is 4.98 Å². The van der Waals surface area contributed by atoms with Crippen molar-refractivity contribution in [3.05, 3.63) is 31.0 Å². The maximum absolute atomic E-state index is 4.39. The van der Waals surface area contributed by atoms with Gasteiger partial charge in [-0.15, -0.1) is 0 Å². The topological polar surface area (TPSA) is 46.0 Å². The molecule has 0 aliphatic carbocycles. The van der Waals surface area contributed by atoms with Crippen molar-refractivity contribution in [2.45, 2.75) is 6.04 Å². The van der Waals surface area contributed by atoms with Gasteiger partial charge in [0.25, 0.3) is 0 Å². The third kappa shape index (κ3) is 1.73. The Labute approximate surface area is 112 Å². The molecule has 0 aromatic carbocycles. The highest BCUT2D eigenvalue weighted by Crippen LogP contribution is 2.34. The van der Waals surface area contributed by atoms with Crippen molar-refractivity contribution in [1.82, 2.24) is 19.9 Å². The number of hydrogen-bond acceptors (Lipinski definition) is 4. The summed E-state index contributed by atoms with van der Waals surface area (Å²) < 4.78 is 1.96. The molecule has 0 spiro atoms. The molecule has 1 N–H and O–H groups in total. The molecule has 0 saturated carbocycles. The van der Waals surface area contributed by atoms with Gasteiger partial charge in [0, 0.05) is 56.6 Å². The van der Waals surface area contributed by atoms with Gasteiger partial charge in [-0.25, -0.2) is 4.98 Å². The standard InChI is InChI=1S/C14H17N5/c1-18-8-13(17-9-18)10-2-12(5-15-3-10)19-7-11-4-16-6-14(11)19/h2-3,5,8-9,11,14,16H,4,6-7H2,1H3/t11-,14-/m1/s1. The summed E-state index contributed by atoms with van der Waals surface area (Å²) in [6.07, 6.45) is 7.69. The second-order valence-electron chi connectivity index (χ2n) is 5.49. The van der Waals surface area contributed by atoms with Gasteiger partial charge in [0.1, 0.15) is 0 Å². The van der Waals surface area contributed by atoms with Crippen molar-refractivity contribution in [2.75, 3.05) is 24.5 Å². The number of fused-ring (bicyclic) bond motifs is 1. The van der Waals surface area contributed by atoms with Gasteiger partial charge in [0.2, 0.25) is 0 Å². The average Bonchev–Trinajstić information content (AvgIpc) is 2.97. The number of aryl methyl sites for hydroxylation is 1. The van der Waals surface area contributed by atoms with Crippen LogP contribution in [0.5, 0.6) is 0 Å². The minimum absolute atomic E-state index is 0.654. The largest absolute Gasteiger partial charge is 0.365 e. The molecule has 4 heterocycles. The monoisotopic (exact) mass is 255 g/mol. The van der Waals surface area contributed by atoms with Gasteiger partial charge < -0.3 is 14.8 Å². The maximum Gasteiger partial charge on any atom is 0.0951 e. The zero-order chi connectivity index (χ0) is 12.8. The van der Waals surface area contributed by atoms with Gasteiger partial charge in [-0.05, 0) is 6.07 Å². The van der Waals surface area contributed by atoms with E-state index in [4.69, 9.17) is 0 Å². The Hall–Kier alpha value is -1.88. The van der Waals surface area contributed by atoms with Crippen molar-refractivity contribution in [3.63, 3.8) is 0 Å². The zero-order valence-corrected chi connectivity index (χ0v) is 11.0. The van der Waals surface area contributed by atoms with Crippen LogP contribution in [0.4, 0.5) is 5.69 Å². The number of nitrogens with one attached hydrogen (secondary N) is 1. The average molecular weight is 255 g/mol. The van der Waals surface area contributed by atoms with Crippen molar-refractivity contribution >= 4 is 5.69 Å². The van der Waals surface area contributed by atoms with Crippen LogP contribution in [-0.2, 0) is 7.05 Å². The quantitative estimate of drug-likeness (QED) is 0.865. The molecular formula is C14H17N5. The molecule has 0 bridgehead atoms. The Morgan fingerprint density at radius 1 is 1.32 bits per heavy atom. The fraction of sp³-hybridized carbons (Fsp3) is 0.429. The van der Waals surface area contributed by atoms with Crippen LogP contribution < -0.4 is 10.2 Å². The summed E-state index contributed by atoms with van der Waals surface area (Å²) in [6.45, 7) is 3.40. The number of imidazole rings is 1. The molecule has 4 rings (SSSR count). The summed E-state index contributed by atoms with van der Waals surface area (Å²) in [5.74, 6) is 0.818. The predicted octanol–water partition coefficient (Wildman–Crippen LogP) is 0.890. The van der Waals surface area contributed by atoms with Crippen molar-refractivity contribution in [2.24, 2.45) is 13.0 Å². The van der Waals surface area contributed by atoms with Gasteiger partial charge in [-0.2, -0.15) is 0 Å². The van der Waals surface area contributed by atoms with E-state index >= 15 is 0 Å². The molecule has 2 fully saturated rings. The number of rotatable bonds is 2.